The predicted octanol–water partition coefficient (Wildman–Crippen LogP) is 4.70. The summed E-state index contributed by atoms with van der Waals surface area (Å²) in [6.07, 6.45) is -3.29. The third kappa shape index (κ3) is 4.28. The number of hydrogen-bond donors (Lipinski definition) is 0. The molecule has 0 saturated carbocycles. The average Bonchev–Trinajstić information content (AvgIpc) is 2.29. The van der Waals surface area contributed by atoms with Crippen molar-refractivity contribution in [2.75, 3.05) is 13.1 Å². The smallest absolute Gasteiger partial charge is 0.299 e. The monoisotopic (exact) mass is 323 g/mol. The second kappa shape index (κ2) is 6.57. The molecular weight excluding hydrogens is 307 g/mol. The minimum absolute atomic E-state index is 0.537. The van der Waals surface area contributed by atoms with Gasteiger partial charge in [0, 0.05) is 11.0 Å². The van der Waals surface area contributed by atoms with Gasteiger partial charge in [-0.25, -0.2) is 0 Å². The maximum absolute atomic E-state index is 12.6. The summed E-state index contributed by atoms with van der Waals surface area (Å²) in [4.78, 5) is 2.13. The lowest BCUT2D eigenvalue weighted by Crippen LogP contribution is -2.24. The van der Waals surface area contributed by atoms with Crippen molar-refractivity contribution >= 4 is 15.9 Å². The Hall–Kier alpha value is -0.550. The third-order valence-electron chi connectivity index (χ3n) is 2.75. The summed E-state index contributed by atoms with van der Waals surface area (Å²) >= 11 is 3.31. The Labute approximate surface area is 114 Å². The molecule has 0 bridgehead atoms. The molecule has 0 aliphatic heterocycles. The predicted molar refractivity (Wildman–Crippen MR) is 70.4 cm³/mol. The Balaban J connectivity index is 2.93. The van der Waals surface area contributed by atoms with Gasteiger partial charge in [-0.05, 0) is 43.3 Å². The molecule has 0 amide bonds. The van der Waals surface area contributed by atoms with Gasteiger partial charge in [-0.3, -0.25) is 4.90 Å². The highest BCUT2D eigenvalue weighted by Gasteiger charge is 2.30. The van der Waals surface area contributed by atoms with Gasteiger partial charge < -0.3 is 0 Å². The normalized spacial score (nSPS) is 12.2. The summed E-state index contributed by atoms with van der Waals surface area (Å²) in [5, 5.41) is 0. The molecular formula is C13H17BrF3N. The lowest BCUT2D eigenvalue weighted by Gasteiger charge is -2.21. The number of halogens is 4. The molecule has 0 unspecified atom stereocenters. The molecule has 102 valence electrons. The van der Waals surface area contributed by atoms with Crippen LogP contribution in [0, 0.1) is 0 Å². The van der Waals surface area contributed by atoms with E-state index in [9.17, 15) is 13.2 Å². The SMILES string of the molecule is CCCN(CC)Cc1cc(C(F)(F)F)ccc1Br. The molecule has 0 heterocycles. The van der Waals surface area contributed by atoms with Crippen molar-refractivity contribution in [3.8, 4) is 0 Å². The molecule has 18 heavy (non-hydrogen) atoms. The molecule has 0 spiro atoms. The van der Waals surface area contributed by atoms with Gasteiger partial charge in [-0.2, -0.15) is 13.2 Å². The molecule has 0 N–H and O–H groups in total. The molecule has 5 heteroatoms. The van der Waals surface area contributed by atoms with Crippen LogP contribution in [0.2, 0.25) is 0 Å². The van der Waals surface area contributed by atoms with Crippen LogP contribution in [-0.4, -0.2) is 18.0 Å². The zero-order valence-corrected chi connectivity index (χ0v) is 12.1. The Morgan fingerprint density at radius 1 is 1.22 bits per heavy atom. The molecule has 0 aliphatic rings. The van der Waals surface area contributed by atoms with Crippen molar-refractivity contribution in [2.45, 2.75) is 33.0 Å². The van der Waals surface area contributed by atoms with Crippen molar-refractivity contribution in [2.24, 2.45) is 0 Å². The van der Waals surface area contributed by atoms with E-state index in [1.54, 1.807) is 0 Å². The zero-order chi connectivity index (χ0) is 13.8. The standard InChI is InChI=1S/C13H17BrF3N/c1-3-7-18(4-2)9-10-8-11(13(15,16)17)5-6-12(10)14/h5-6,8H,3-4,7,9H2,1-2H3. The van der Waals surface area contributed by atoms with E-state index < -0.39 is 11.7 Å². The van der Waals surface area contributed by atoms with Crippen LogP contribution in [0.3, 0.4) is 0 Å². The fourth-order valence-electron chi connectivity index (χ4n) is 1.78. The fraction of sp³-hybridized carbons (Fsp3) is 0.538. The molecule has 0 radical (unpaired) electrons. The van der Waals surface area contributed by atoms with Crippen LogP contribution in [0.5, 0.6) is 0 Å². The van der Waals surface area contributed by atoms with Crippen LogP contribution in [0.25, 0.3) is 0 Å². The number of benzene rings is 1. The first-order valence-corrected chi connectivity index (χ1v) is 6.75. The van der Waals surface area contributed by atoms with E-state index in [4.69, 9.17) is 0 Å². The van der Waals surface area contributed by atoms with E-state index in [2.05, 4.69) is 27.8 Å². The Kier molecular flexibility index (Phi) is 5.66. The number of hydrogen-bond acceptors (Lipinski definition) is 1. The number of alkyl halides is 3. The molecule has 0 saturated heterocycles. The molecule has 1 rings (SSSR count). The summed E-state index contributed by atoms with van der Waals surface area (Å²) < 4.78 is 38.6. The lowest BCUT2D eigenvalue weighted by molar-refractivity contribution is -0.137. The van der Waals surface area contributed by atoms with Crippen LogP contribution in [0.1, 0.15) is 31.4 Å². The van der Waals surface area contributed by atoms with Gasteiger partial charge in [-0.1, -0.05) is 29.8 Å². The highest BCUT2D eigenvalue weighted by molar-refractivity contribution is 9.10. The molecule has 1 aromatic carbocycles. The maximum Gasteiger partial charge on any atom is 0.416 e. The second-order valence-corrected chi connectivity index (χ2v) is 5.03. The maximum atomic E-state index is 12.6. The largest absolute Gasteiger partial charge is 0.416 e. The Bertz CT molecular complexity index is 390. The molecule has 0 aliphatic carbocycles. The van der Waals surface area contributed by atoms with Crippen molar-refractivity contribution in [3.63, 3.8) is 0 Å². The van der Waals surface area contributed by atoms with Crippen LogP contribution in [0.15, 0.2) is 22.7 Å². The fourth-order valence-corrected chi connectivity index (χ4v) is 2.15. The number of rotatable bonds is 5. The molecule has 1 nitrogen and oxygen atoms in total. The Morgan fingerprint density at radius 2 is 1.89 bits per heavy atom. The lowest BCUT2D eigenvalue weighted by atomic mass is 10.1. The van der Waals surface area contributed by atoms with Crippen molar-refractivity contribution in [3.05, 3.63) is 33.8 Å². The quantitative estimate of drug-likeness (QED) is 0.759. The first-order chi connectivity index (χ1) is 8.38. The van der Waals surface area contributed by atoms with Crippen LogP contribution in [-0.2, 0) is 12.7 Å². The minimum Gasteiger partial charge on any atom is -0.299 e. The van der Waals surface area contributed by atoms with Gasteiger partial charge in [0.2, 0.25) is 0 Å². The van der Waals surface area contributed by atoms with Crippen molar-refractivity contribution in [1.82, 2.24) is 4.90 Å². The summed E-state index contributed by atoms with van der Waals surface area (Å²) in [6, 6.07) is 3.80. The van der Waals surface area contributed by atoms with E-state index in [0.717, 1.165) is 30.0 Å². The van der Waals surface area contributed by atoms with Crippen molar-refractivity contribution < 1.29 is 13.2 Å². The Morgan fingerprint density at radius 3 is 2.39 bits per heavy atom. The topological polar surface area (TPSA) is 3.24 Å². The number of nitrogens with zero attached hydrogens (tertiary/aromatic N) is 1. The highest BCUT2D eigenvalue weighted by Crippen LogP contribution is 2.32. The molecule has 0 fully saturated rings. The molecule has 1 aromatic rings. The van der Waals surface area contributed by atoms with Gasteiger partial charge in [0.05, 0.1) is 5.56 Å². The van der Waals surface area contributed by atoms with Crippen LogP contribution >= 0.6 is 15.9 Å². The zero-order valence-electron chi connectivity index (χ0n) is 10.5. The minimum atomic E-state index is -4.28. The van der Waals surface area contributed by atoms with Gasteiger partial charge >= 0.3 is 6.18 Å². The van der Waals surface area contributed by atoms with Crippen LogP contribution < -0.4 is 0 Å². The summed E-state index contributed by atoms with van der Waals surface area (Å²) in [5.41, 5.74) is 0.0911. The third-order valence-corrected chi connectivity index (χ3v) is 3.53. The van der Waals surface area contributed by atoms with Gasteiger partial charge in [0.15, 0.2) is 0 Å². The molecule has 0 aromatic heterocycles. The van der Waals surface area contributed by atoms with E-state index >= 15 is 0 Å². The summed E-state index contributed by atoms with van der Waals surface area (Å²) in [5.74, 6) is 0. The first-order valence-electron chi connectivity index (χ1n) is 5.96. The first kappa shape index (κ1) is 15.5. The van der Waals surface area contributed by atoms with Gasteiger partial charge in [-0.15, -0.1) is 0 Å². The highest BCUT2D eigenvalue weighted by atomic mass is 79.9. The summed E-state index contributed by atoms with van der Waals surface area (Å²) in [7, 11) is 0. The second-order valence-electron chi connectivity index (χ2n) is 4.17. The van der Waals surface area contributed by atoms with Gasteiger partial charge in [0.1, 0.15) is 0 Å². The van der Waals surface area contributed by atoms with E-state index in [0.29, 0.717) is 12.1 Å². The van der Waals surface area contributed by atoms with E-state index in [1.807, 2.05) is 6.92 Å². The summed E-state index contributed by atoms with van der Waals surface area (Å²) in [6.45, 7) is 6.32. The van der Waals surface area contributed by atoms with E-state index in [-0.39, 0.29) is 0 Å². The average molecular weight is 324 g/mol. The van der Waals surface area contributed by atoms with Crippen LogP contribution in [0.4, 0.5) is 13.2 Å². The van der Waals surface area contributed by atoms with E-state index in [1.165, 1.54) is 12.1 Å². The van der Waals surface area contributed by atoms with Crippen molar-refractivity contribution in [1.29, 1.82) is 0 Å². The molecule has 0 atom stereocenters. The van der Waals surface area contributed by atoms with Gasteiger partial charge in [0.25, 0.3) is 0 Å².